The van der Waals surface area contributed by atoms with Crippen molar-refractivity contribution in [2.75, 3.05) is 54.0 Å². The molecule has 2 rings (SSSR count). The molecular weight excluding hydrogens is 463 g/mol. The molecule has 0 heterocycles. The van der Waals surface area contributed by atoms with Crippen molar-refractivity contribution in [1.82, 2.24) is 15.5 Å². The van der Waals surface area contributed by atoms with Gasteiger partial charge >= 0.3 is 0 Å². The van der Waals surface area contributed by atoms with E-state index in [0.29, 0.717) is 0 Å². The van der Waals surface area contributed by atoms with Gasteiger partial charge in [-0.3, -0.25) is 4.99 Å². The highest BCUT2D eigenvalue weighted by molar-refractivity contribution is 14.0. The van der Waals surface area contributed by atoms with E-state index in [1.807, 2.05) is 19.2 Å². The SMILES string of the molecule is CN=C(NCCCN(C)CCOC)NCC1(c2cccc(Cl)c2)CC1.I. The van der Waals surface area contributed by atoms with E-state index in [2.05, 4.69) is 39.7 Å². The van der Waals surface area contributed by atoms with E-state index in [1.54, 1.807) is 7.11 Å². The fraction of sp³-hybridized carbons (Fsp3) is 0.632. The molecule has 2 N–H and O–H groups in total. The summed E-state index contributed by atoms with van der Waals surface area (Å²) in [6.45, 7) is 4.58. The molecule has 1 aromatic rings. The number of likely N-dealkylation sites (N-methyl/N-ethyl adjacent to an activating group) is 1. The Bertz CT molecular complexity index is 566. The second-order valence-corrected chi connectivity index (χ2v) is 7.23. The Morgan fingerprint density at radius 1 is 1.31 bits per heavy atom. The maximum absolute atomic E-state index is 6.14. The number of guanidine groups is 1. The first-order valence-electron chi connectivity index (χ1n) is 8.98. The highest BCUT2D eigenvalue weighted by Gasteiger charge is 2.44. The molecule has 5 nitrogen and oxygen atoms in total. The van der Waals surface area contributed by atoms with E-state index in [0.717, 1.165) is 50.2 Å². The lowest BCUT2D eigenvalue weighted by molar-refractivity contribution is 0.161. The summed E-state index contributed by atoms with van der Waals surface area (Å²) < 4.78 is 5.09. The van der Waals surface area contributed by atoms with Crippen molar-refractivity contribution in [3.63, 3.8) is 0 Å². The normalized spacial score (nSPS) is 15.5. The first kappa shape index (κ1) is 23.5. The van der Waals surface area contributed by atoms with Crippen LogP contribution in [0.2, 0.25) is 5.02 Å². The zero-order valence-corrected chi connectivity index (χ0v) is 19.1. The molecule has 0 spiro atoms. The molecule has 0 saturated heterocycles. The Hall–Kier alpha value is -0.570. The first-order chi connectivity index (χ1) is 12.1. The minimum Gasteiger partial charge on any atom is -0.383 e. The topological polar surface area (TPSA) is 48.9 Å². The van der Waals surface area contributed by atoms with Crippen molar-refractivity contribution < 1.29 is 4.74 Å². The van der Waals surface area contributed by atoms with Gasteiger partial charge in [-0.2, -0.15) is 0 Å². The molecule has 7 heteroatoms. The zero-order valence-electron chi connectivity index (χ0n) is 16.1. The van der Waals surface area contributed by atoms with Crippen LogP contribution in [-0.4, -0.2) is 64.9 Å². The van der Waals surface area contributed by atoms with Gasteiger partial charge in [-0.05, 0) is 50.6 Å². The lowest BCUT2D eigenvalue weighted by Gasteiger charge is -2.20. The van der Waals surface area contributed by atoms with E-state index in [4.69, 9.17) is 16.3 Å². The zero-order chi connectivity index (χ0) is 18.1. The van der Waals surface area contributed by atoms with E-state index in [-0.39, 0.29) is 29.4 Å². The van der Waals surface area contributed by atoms with Crippen molar-refractivity contribution in [3.05, 3.63) is 34.9 Å². The van der Waals surface area contributed by atoms with E-state index in [1.165, 1.54) is 18.4 Å². The highest BCUT2D eigenvalue weighted by Crippen LogP contribution is 2.48. The predicted octanol–water partition coefficient (Wildman–Crippen LogP) is 3.12. The van der Waals surface area contributed by atoms with Crippen LogP contribution >= 0.6 is 35.6 Å². The third-order valence-corrected chi connectivity index (χ3v) is 5.03. The summed E-state index contributed by atoms with van der Waals surface area (Å²) in [7, 11) is 5.67. The highest BCUT2D eigenvalue weighted by atomic mass is 127. The first-order valence-corrected chi connectivity index (χ1v) is 9.35. The average molecular weight is 495 g/mol. The molecule has 1 aliphatic rings. The third-order valence-electron chi connectivity index (χ3n) is 4.79. The molecule has 0 aliphatic heterocycles. The minimum atomic E-state index is 0. The molecule has 0 amide bonds. The van der Waals surface area contributed by atoms with Gasteiger partial charge in [-0.15, -0.1) is 24.0 Å². The van der Waals surface area contributed by atoms with Gasteiger partial charge in [0.25, 0.3) is 0 Å². The number of rotatable bonds is 10. The quantitative estimate of drug-likeness (QED) is 0.227. The molecule has 0 aromatic heterocycles. The van der Waals surface area contributed by atoms with Gasteiger partial charge in [0.15, 0.2) is 5.96 Å². The van der Waals surface area contributed by atoms with Crippen molar-refractivity contribution in [3.8, 4) is 0 Å². The number of nitrogens with zero attached hydrogens (tertiary/aromatic N) is 2. The lowest BCUT2D eigenvalue weighted by atomic mass is 9.96. The molecular formula is C19H32ClIN4O. The van der Waals surface area contributed by atoms with Gasteiger partial charge in [0.05, 0.1) is 6.61 Å². The second kappa shape index (κ2) is 12.0. The summed E-state index contributed by atoms with van der Waals surface area (Å²) in [5.74, 6) is 0.868. The largest absolute Gasteiger partial charge is 0.383 e. The number of halogens is 2. The molecule has 1 aromatic carbocycles. The van der Waals surface area contributed by atoms with Crippen molar-refractivity contribution in [2.45, 2.75) is 24.7 Å². The van der Waals surface area contributed by atoms with Crippen LogP contribution in [0.15, 0.2) is 29.3 Å². The van der Waals surface area contributed by atoms with Crippen LogP contribution in [0.25, 0.3) is 0 Å². The summed E-state index contributed by atoms with van der Waals surface area (Å²) in [5, 5.41) is 7.68. The monoisotopic (exact) mass is 494 g/mol. The van der Waals surface area contributed by atoms with Crippen LogP contribution in [0.5, 0.6) is 0 Å². The molecule has 26 heavy (non-hydrogen) atoms. The van der Waals surface area contributed by atoms with Gasteiger partial charge in [0.2, 0.25) is 0 Å². The average Bonchev–Trinajstić information content (AvgIpc) is 3.40. The van der Waals surface area contributed by atoms with Crippen LogP contribution in [0, 0.1) is 0 Å². The van der Waals surface area contributed by atoms with Gasteiger partial charge in [-0.25, -0.2) is 0 Å². The number of nitrogens with one attached hydrogen (secondary N) is 2. The second-order valence-electron chi connectivity index (χ2n) is 6.79. The van der Waals surface area contributed by atoms with Crippen molar-refractivity contribution in [1.29, 1.82) is 0 Å². The Morgan fingerprint density at radius 2 is 2.08 bits per heavy atom. The van der Waals surface area contributed by atoms with Gasteiger partial charge in [-0.1, -0.05) is 23.7 Å². The molecule has 0 unspecified atom stereocenters. The molecule has 0 radical (unpaired) electrons. The summed E-state index contributed by atoms with van der Waals surface area (Å²) >= 11 is 6.14. The van der Waals surface area contributed by atoms with Gasteiger partial charge in [0.1, 0.15) is 0 Å². The summed E-state index contributed by atoms with van der Waals surface area (Å²) in [5.41, 5.74) is 1.53. The van der Waals surface area contributed by atoms with E-state index < -0.39 is 0 Å². The Labute approximate surface area is 179 Å². The summed E-state index contributed by atoms with van der Waals surface area (Å²) in [6.07, 6.45) is 3.46. The fourth-order valence-corrected chi connectivity index (χ4v) is 3.12. The van der Waals surface area contributed by atoms with Crippen molar-refractivity contribution >= 4 is 41.5 Å². The number of ether oxygens (including phenoxy) is 1. The Morgan fingerprint density at radius 3 is 2.69 bits per heavy atom. The molecule has 1 aliphatic carbocycles. The van der Waals surface area contributed by atoms with Gasteiger partial charge < -0.3 is 20.3 Å². The van der Waals surface area contributed by atoms with Crippen LogP contribution < -0.4 is 10.6 Å². The maximum atomic E-state index is 6.14. The molecule has 0 bridgehead atoms. The minimum absolute atomic E-state index is 0. The molecule has 148 valence electrons. The molecule has 0 atom stereocenters. The number of methoxy groups -OCH3 is 1. The summed E-state index contributed by atoms with van der Waals surface area (Å²) in [4.78, 5) is 6.61. The van der Waals surface area contributed by atoms with Crippen molar-refractivity contribution in [2.24, 2.45) is 4.99 Å². The van der Waals surface area contributed by atoms with Crippen LogP contribution in [0.3, 0.4) is 0 Å². The fourth-order valence-electron chi connectivity index (χ4n) is 2.92. The number of aliphatic imine (C=N–C) groups is 1. The number of benzene rings is 1. The smallest absolute Gasteiger partial charge is 0.191 e. The van der Waals surface area contributed by atoms with Gasteiger partial charge in [0, 0.05) is 44.2 Å². The van der Waals surface area contributed by atoms with E-state index in [9.17, 15) is 0 Å². The Kier molecular flexibility index (Phi) is 10.8. The number of hydrogen-bond acceptors (Lipinski definition) is 3. The standard InChI is InChI=1S/C19H31ClN4O.HI/c1-21-18(22-10-5-11-24(2)12-13-25-3)23-15-19(8-9-19)16-6-4-7-17(20)14-16;/h4,6-7,14H,5,8-13,15H2,1-3H3,(H2,21,22,23);1H. The summed E-state index contributed by atoms with van der Waals surface area (Å²) in [6, 6.07) is 8.22. The molecule has 1 fully saturated rings. The lowest BCUT2D eigenvalue weighted by Crippen LogP contribution is -2.42. The van der Waals surface area contributed by atoms with Crippen LogP contribution in [-0.2, 0) is 10.2 Å². The van der Waals surface area contributed by atoms with Crippen LogP contribution in [0.1, 0.15) is 24.8 Å². The third kappa shape index (κ3) is 7.58. The van der Waals surface area contributed by atoms with E-state index >= 15 is 0 Å². The van der Waals surface area contributed by atoms with Crippen LogP contribution in [0.4, 0.5) is 0 Å². The number of hydrogen-bond donors (Lipinski definition) is 2. The Balaban J connectivity index is 0.00000338. The maximum Gasteiger partial charge on any atom is 0.191 e. The molecule has 1 saturated carbocycles. The predicted molar refractivity (Wildman–Crippen MR) is 121 cm³/mol.